The molecule has 1 aromatic heterocycles. The third kappa shape index (κ3) is 3.66. The summed E-state index contributed by atoms with van der Waals surface area (Å²) < 4.78 is 5.06. The monoisotopic (exact) mass is 362 g/mol. The molecule has 8 heteroatoms. The van der Waals surface area contributed by atoms with Crippen LogP contribution in [0.25, 0.3) is 0 Å². The molecule has 0 aliphatic carbocycles. The lowest BCUT2D eigenvalue weighted by Crippen LogP contribution is -2.58. The Bertz CT molecular complexity index is 792. The summed E-state index contributed by atoms with van der Waals surface area (Å²) in [6.07, 6.45) is 0.626. The van der Waals surface area contributed by atoms with Crippen molar-refractivity contribution in [1.82, 2.24) is 19.9 Å². The molecule has 0 radical (unpaired) electrons. The van der Waals surface area contributed by atoms with Crippen LogP contribution in [0.3, 0.4) is 0 Å². The van der Waals surface area contributed by atoms with Gasteiger partial charge in [-0.15, -0.1) is 0 Å². The molecule has 1 fully saturated rings. The zero-order valence-corrected chi connectivity index (χ0v) is 14.9. The van der Waals surface area contributed by atoms with Crippen molar-refractivity contribution in [2.45, 2.75) is 39.4 Å². The number of carbonyl (C=O) groups is 2. The average molecular weight is 363 g/mol. The Balaban J connectivity index is 1.72. The second-order valence-electron chi connectivity index (χ2n) is 5.94. The topological polar surface area (TPSA) is 79.5 Å². The Morgan fingerprint density at radius 3 is 2.72 bits per heavy atom. The third-order valence-corrected chi connectivity index (χ3v) is 4.60. The van der Waals surface area contributed by atoms with Gasteiger partial charge in [0.2, 0.25) is 17.7 Å². The molecule has 1 saturated heterocycles. The van der Waals surface area contributed by atoms with E-state index in [-0.39, 0.29) is 24.9 Å². The van der Waals surface area contributed by atoms with E-state index in [0.717, 1.165) is 5.56 Å². The number of amides is 2. The number of rotatable bonds is 5. The maximum Gasteiger partial charge on any atom is 0.245 e. The van der Waals surface area contributed by atoms with Crippen molar-refractivity contribution < 1.29 is 14.1 Å². The lowest BCUT2D eigenvalue weighted by Gasteiger charge is -2.38. The first-order valence-corrected chi connectivity index (χ1v) is 8.50. The number of nitrogens with zero attached hydrogens (tertiary/aromatic N) is 4. The van der Waals surface area contributed by atoms with Gasteiger partial charge in [0.15, 0.2) is 5.82 Å². The summed E-state index contributed by atoms with van der Waals surface area (Å²) in [5.41, 5.74) is 0.816. The summed E-state index contributed by atoms with van der Waals surface area (Å²) in [6.45, 7) is 4.09. The van der Waals surface area contributed by atoms with Crippen LogP contribution in [0.4, 0.5) is 0 Å². The Kier molecular flexibility index (Phi) is 5.03. The Morgan fingerprint density at radius 1 is 1.28 bits per heavy atom. The van der Waals surface area contributed by atoms with Gasteiger partial charge in [0.05, 0.1) is 6.54 Å². The van der Waals surface area contributed by atoms with Gasteiger partial charge in [-0.2, -0.15) is 4.98 Å². The minimum Gasteiger partial charge on any atom is -0.339 e. The predicted molar refractivity (Wildman–Crippen MR) is 90.6 cm³/mol. The molecule has 0 unspecified atom stereocenters. The molecule has 25 heavy (non-hydrogen) atoms. The molecule has 0 bridgehead atoms. The van der Waals surface area contributed by atoms with Gasteiger partial charge in [0, 0.05) is 18.0 Å². The molecule has 0 saturated carbocycles. The van der Waals surface area contributed by atoms with Crippen molar-refractivity contribution in [3.05, 3.63) is 46.6 Å². The number of benzene rings is 1. The van der Waals surface area contributed by atoms with Gasteiger partial charge in [0.1, 0.15) is 12.6 Å². The third-order valence-electron chi connectivity index (χ3n) is 4.23. The molecule has 1 atom stereocenters. The summed E-state index contributed by atoms with van der Waals surface area (Å²) in [7, 11) is 0. The Labute approximate surface area is 150 Å². The predicted octanol–water partition coefficient (Wildman–Crippen LogP) is 2.04. The fourth-order valence-corrected chi connectivity index (χ4v) is 2.98. The van der Waals surface area contributed by atoms with Crippen molar-refractivity contribution in [2.75, 3.05) is 6.54 Å². The Hall–Kier alpha value is -2.41. The van der Waals surface area contributed by atoms with Gasteiger partial charge in [-0.25, -0.2) is 0 Å². The van der Waals surface area contributed by atoms with E-state index in [1.807, 2.05) is 25.1 Å². The summed E-state index contributed by atoms with van der Waals surface area (Å²) in [5.74, 6) is 0.643. The number of aromatic nitrogens is 2. The van der Waals surface area contributed by atoms with Crippen LogP contribution in [0.2, 0.25) is 5.02 Å². The molecule has 1 aliphatic heterocycles. The lowest BCUT2D eigenvalue weighted by molar-refractivity contribution is -0.156. The quantitative estimate of drug-likeness (QED) is 0.813. The highest BCUT2D eigenvalue weighted by atomic mass is 35.5. The number of piperazine rings is 1. The zero-order valence-electron chi connectivity index (χ0n) is 14.1. The number of aryl methyl sites for hydroxylation is 1. The normalized spacial score (nSPS) is 18.1. The molecule has 2 amide bonds. The SMILES string of the molecule is CCc1nc(CN2C(=O)CN(Cc3ccccc3Cl)C(=O)[C@@H]2C)no1. The second-order valence-corrected chi connectivity index (χ2v) is 6.35. The van der Waals surface area contributed by atoms with Crippen molar-refractivity contribution in [2.24, 2.45) is 0 Å². The van der Waals surface area contributed by atoms with Crippen LogP contribution in [0.15, 0.2) is 28.8 Å². The molecular formula is C17H19ClN4O3. The molecule has 132 valence electrons. The highest BCUT2D eigenvalue weighted by Gasteiger charge is 2.37. The largest absolute Gasteiger partial charge is 0.339 e. The number of hydrogen-bond donors (Lipinski definition) is 0. The number of carbonyl (C=O) groups excluding carboxylic acids is 2. The maximum atomic E-state index is 12.7. The van der Waals surface area contributed by atoms with E-state index < -0.39 is 6.04 Å². The van der Waals surface area contributed by atoms with Crippen molar-refractivity contribution >= 4 is 23.4 Å². The van der Waals surface area contributed by atoms with Crippen LogP contribution in [0, 0.1) is 0 Å². The molecule has 0 spiro atoms. The number of halogens is 1. The van der Waals surface area contributed by atoms with Gasteiger partial charge in [-0.1, -0.05) is 41.9 Å². The minimum absolute atomic E-state index is 0.00683. The van der Waals surface area contributed by atoms with E-state index >= 15 is 0 Å². The molecule has 3 rings (SSSR count). The van der Waals surface area contributed by atoms with E-state index in [9.17, 15) is 9.59 Å². The van der Waals surface area contributed by atoms with Gasteiger partial charge in [-0.05, 0) is 18.6 Å². The van der Waals surface area contributed by atoms with Gasteiger partial charge < -0.3 is 14.3 Å². The fourth-order valence-electron chi connectivity index (χ4n) is 2.79. The zero-order chi connectivity index (χ0) is 18.0. The van der Waals surface area contributed by atoms with Gasteiger partial charge in [0.25, 0.3) is 0 Å². The molecule has 2 aromatic rings. The van der Waals surface area contributed by atoms with Gasteiger partial charge >= 0.3 is 0 Å². The van der Waals surface area contributed by atoms with Crippen molar-refractivity contribution in [3.8, 4) is 0 Å². The molecule has 2 heterocycles. The van der Waals surface area contributed by atoms with E-state index in [0.29, 0.717) is 29.7 Å². The summed E-state index contributed by atoms with van der Waals surface area (Å²) in [4.78, 5) is 32.4. The first kappa shape index (κ1) is 17.4. The van der Waals surface area contributed by atoms with E-state index in [4.69, 9.17) is 16.1 Å². The second kappa shape index (κ2) is 7.23. The molecule has 0 N–H and O–H groups in total. The average Bonchev–Trinajstić information content (AvgIpc) is 3.06. The summed E-state index contributed by atoms with van der Waals surface area (Å²) in [6, 6.07) is 6.71. The van der Waals surface area contributed by atoms with Crippen LogP contribution >= 0.6 is 11.6 Å². The molecular weight excluding hydrogens is 344 g/mol. The van der Waals surface area contributed by atoms with Crippen LogP contribution in [-0.4, -0.2) is 44.3 Å². The van der Waals surface area contributed by atoms with Crippen LogP contribution in [-0.2, 0) is 29.1 Å². The molecule has 7 nitrogen and oxygen atoms in total. The lowest BCUT2D eigenvalue weighted by atomic mass is 10.1. The minimum atomic E-state index is -0.590. The maximum absolute atomic E-state index is 12.7. The molecule has 1 aromatic carbocycles. The van der Waals surface area contributed by atoms with Gasteiger partial charge in [-0.3, -0.25) is 9.59 Å². The highest BCUT2D eigenvalue weighted by molar-refractivity contribution is 6.31. The first-order valence-electron chi connectivity index (χ1n) is 8.12. The van der Waals surface area contributed by atoms with Crippen LogP contribution < -0.4 is 0 Å². The number of hydrogen-bond acceptors (Lipinski definition) is 5. The highest BCUT2D eigenvalue weighted by Crippen LogP contribution is 2.21. The van der Waals surface area contributed by atoms with Crippen LogP contribution in [0.1, 0.15) is 31.1 Å². The van der Waals surface area contributed by atoms with Crippen molar-refractivity contribution in [1.29, 1.82) is 0 Å². The molecule has 1 aliphatic rings. The van der Waals surface area contributed by atoms with E-state index in [1.54, 1.807) is 13.0 Å². The Morgan fingerprint density at radius 2 is 2.04 bits per heavy atom. The standard InChI is InChI=1S/C17H19ClN4O3/c1-3-15-19-14(20-25-15)9-22-11(2)17(24)21(10-16(22)23)8-12-6-4-5-7-13(12)18/h4-7,11H,3,8-10H2,1-2H3/t11-/m0/s1. The fraction of sp³-hybridized carbons (Fsp3) is 0.412. The summed E-state index contributed by atoms with van der Waals surface area (Å²) in [5, 5.41) is 4.43. The van der Waals surface area contributed by atoms with Crippen molar-refractivity contribution in [3.63, 3.8) is 0 Å². The first-order chi connectivity index (χ1) is 12.0. The van der Waals surface area contributed by atoms with E-state index in [1.165, 1.54) is 9.80 Å². The van der Waals surface area contributed by atoms with Crippen LogP contribution in [0.5, 0.6) is 0 Å². The van der Waals surface area contributed by atoms with E-state index in [2.05, 4.69) is 10.1 Å². The smallest absolute Gasteiger partial charge is 0.245 e. The summed E-state index contributed by atoms with van der Waals surface area (Å²) >= 11 is 6.16.